The molecule has 24 heavy (non-hydrogen) atoms. The molecule has 0 unspecified atom stereocenters. The van der Waals surface area contributed by atoms with Crippen molar-refractivity contribution in [3.05, 3.63) is 52.5 Å². The van der Waals surface area contributed by atoms with Crippen LogP contribution in [0.4, 0.5) is 4.39 Å². The van der Waals surface area contributed by atoms with Crippen molar-refractivity contribution in [2.75, 3.05) is 19.6 Å². The van der Waals surface area contributed by atoms with Crippen LogP contribution in [0.1, 0.15) is 18.9 Å². The normalized spacial score (nSPS) is 11.5. The highest BCUT2D eigenvalue weighted by Gasteiger charge is 2.03. The largest absolute Gasteiger partial charge is 0.357 e. The molecule has 0 aliphatic rings. The summed E-state index contributed by atoms with van der Waals surface area (Å²) in [7, 11) is 0. The first kappa shape index (κ1) is 18.4. The van der Waals surface area contributed by atoms with E-state index in [-0.39, 0.29) is 5.82 Å². The number of halogens is 2. The molecule has 0 spiro atoms. The van der Waals surface area contributed by atoms with Crippen molar-refractivity contribution in [3.8, 4) is 0 Å². The highest BCUT2D eigenvalue weighted by Crippen LogP contribution is 2.16. The summed E-state index contributed by atoms with van der Waals surface area (Å²) in [6.45, 7) is 5.00. The second-order valence-corrected chi connectivity index (χ2v) is 6.21. The van der Waals surface area contributed by atoms with Gasteiger partial charge in [-0.1, -0.05) is 22.0 Å². The number of hydrogen-bond acceptors (Lipinski definition) is 2. The van der Waals surface area contributed by atoms with Gasteiger partial charge in [0, 0.05) is 36.5 Å². The minimum Gasteiger partial charge on any atom is -0.357 e. The first-order valence-corrected chi connectivity index (χ1v) is 8.92. The molecule has 0 saturated carbocycles. The number of aliphatic imine (C=N–C) groups is 1. The van der Waals surface area contributed by atoms with Gasteiger partial charge in [0.15, 0.2) is 5.96 Å². The summed E-state index contributed by atoms with van der Waals surface area (Å²) in [5, 5.41) is 10.6. The van der Waals surface area contributed by atoms with Crippen LogP contribution in [0.25, 0.3) is 0 Å². The Kier molecular flexibility index (Phi) is 7.74. The van der Waals surface area contributed by atoms with Crippen molar-refractivity contribution in [2.24, 2.45) is 4.99 Å². The van der Waals surface area contributed by atoms with E-state index in [0.717, 1.165) is 42.1 Å². The van der Waals surface area contributed by atoms with E-state index in [9.17, 15) is 4.39 Å². The van der Waals surface area contributed by atoms with E-state index in [4.69, 9.17) is 0 Å². The smallest absolute Gasteiger partial charge is 0.191 e. The van der Waals surface area contributed by atoms with Crippen molar-refractivity contribution in [3.63, 3.8) is 0 Å². The number of aryl methyl sites for hydroxylation is 1. The Morgan fingerprint density at radius 3 is 2.96 bits per heavy atom. The van der Waals surface area contributed by atoms with Crippen LogP contribution < -0.4 is 10.6 Å². The maximum absolute atomic E-state index is 13.8. The second kappa shape index (κ2) is 10.1. The summed E-state index contributed by atoms with van der Waals surface area (Å²) in [6.07, 6.45) is 5.17. The third kappa shape index (κ3) is 6.31. The van der Waals surface area contributed by atoms with Gasteiger partial charge in [-0.25, -0.2) is 4.39 Å². The fraction of sp³-hybridized carbons (Fsp3) is 0.412. The van der Waals surface area contributed by atoms with Crippen LogP contribution >= 0.6 is 15.9 Å². The number of aromatic nitrogens is 2. The molecule has 1 heterocycles. The van der Waals surface area contributed by atoms with Crippen molar-refractivity contribution in [1.82, 2.24) is 20.4 Å². The van der Waals surface area contributed by atoms with Crippen LogP contribution in [0.15, 0.2) is 46.1 Å². The first-order chi connectivity index (χ1) is 11.7. The van der Waals surface area contributed by atoms with Crippen molar-refractivity contribution in [2.45, 2.75) is 26.3 Å². The molecule has 2 aromatic rings. The average Bonchev–Trinajstić information content (AvgIpc) is 3.06. The molecule has 0 bridgehead atoms. The van der Waals surface area contributed by atoms with Gasteiger partial charge in [-0.15, -0.1) is 0 Å². The summed E-state index contributed by atoms with van der Waals surface area (Å²) in [5.74, 6) is 0.610. The summed E-state index contributed by atoms with van der Waals surface area (Å²) in [6, 6.07) is 7.08. The van der Waals surface area contributed by atoms with Crippen molar-refractivity contribution >= 4 is 21.9 Å². The molecular weight excluding hydrogens is 373 g/mol. The average molecular weight is 396 g/mol. The van der Waals surface area contributed by atoms with Gasteiger partial charge in [-0.3, -0.25) is 9.67 Å². The lowest BCUT2D eigenvalue weighted by Crippen LogP contribution is -2.39. The van der Waals surface area contributed by atoms with Gasteiger partial charge in [0.05, 0.1) is 6.54 Å². The lowest BCUT2D eigenvalue weighted by Gasteiger charge is -2.11. The number of guanidine groups is 1. The van der Waals surface area contributed by atoms with Crippen molar-refractivity contribution < 1.29 is 4.39 Å². The van der Waals surface area contributed by atoms with E-state index in [1.54, 1.807) is 6.20 Å². The van der Waals surface area contributed by atoms with Gasteiger partial charge in [-0.2, -0.15) is 5.10 Å². The summed E-state index contributed by atoms with van der Waals surface area (Å²) >= 11 is 3.27. The number of nitrogens with zero attached hydrogens (tertiary/aromatic N) is 3. The van der Waals surface area contributed by atoms with Crippen molar-refractivity contribution in [1.29, 1.82) is 0 Å². The number of nitrogens with one attached hydrogen (secondary N) is 2. The molecule has 130 valence electrons. The molecular formula is C17H23BrFN5. The third-order valence-electron chi connectivity index (χ3n) is 3.43. The molecule has 2 rings (SSSR count). The predicted molar refractivity (Wildman–Crippen MR) is 98.6 cm³/mol. The third-order valence-corrected chi connectivity index (χ3v) is 3.92. The predicted octanol–water partition coefficient (Wildman–Crippen LogP) is 2.97. The molecule has 0 saturated heterocycles. The standard InChI is InChI=1S/C17H23BrFN5/c1-2-20-17(22-10-12-24-11-4-9-23-24)21-8-3-5-14-6-7-15(18)13-16(14)19/h4,6-7,9,11,13H,2-3,5,8,10,12H2,1H3,(H2,20,21,22). The van der Waals surface area contributed by atoms with Gasteiger partial charge < -0.3 is 10.6 Å². The van der Waals surface area contributed by atoms with E-state index >= 15 is 0 Å². The Morgan fingerprint density at radius 2 is 2.25 bits per heavy atom. The summed E-state index contributed by atoms with van der Waals surface area (Å²) < 4.78 is 16.4. The molecule has 0 fully saturated rings. The Labute approximate surface area is 150 Å². The monoisotopic (exact) mass is 395 g/mol. The molecule has 7 heteroatoms. The highest BCUT2D eigenvalue weighted by molar-refractivity contribution is 9.10. The molecule has 0 aliphatic heterocycles. The lowest BCUT2D eigenvalue weighted by molar-refractivity contribution is 0.596. The maximum Gasteiger partial charge on any atom is 0.191 e. The van der Waals surface area contributed by atoms with Gasteiger partial charge in [0.25, 0.3) is 0 Å². The van der Waals surface area contributed by atoms with E-state index in [1.165, 1.54) is 6.07 Å². The number of hydrogen-bond donors (Lipinski definition) is 2. The van der Waals surface area contributed by atoms with E-state index in [2.05, 4.69) is 36.7 Å². The molecule has 0 aliphatic carbocycles. The molecule has 2 N–H and O–H groups in total. The van der Waals surface area contributed by atoms with Gasteiger partial charge in [0.1, 0.15) is 5.82 Å². The minimum atomic E-state index is -0.169. The Hall–Kier alpha value is -1.89. The minimum absolute atomic E-state index is 0.169. The summed E-state index contributed by atoms with van der Waals surface area (Å²) in [5.41, 5.74) is 0.727. The first-order valence-electron chi connectivity index (χ1n) is 8.12. The zero-order chi connectivity index (χ0) is 17.2. The zero-order valence-corrected chi connectivity index (χ0v) is 15.4. The van der Waals surface area contributed by atoms with E-state index in [1.807, 2.05) is 36.0 Å². The van der Waals surface area contributed by atoms with Crippen LogP contribution in [0.5, 0.6) is 0 Å². The van der Waals surface area contributed by atoms with Gasteiger partial charge >= 0.3 is 0 Å². The zero-order valence-electron chi connectivity index (χ0n) is 13.8. The second-order valence-electron chi connectivity index (χ2n) is 5.30. The van der Waals surface area contributed by atoms with E-state index < -0.39 is 0 Å². The van der Waals surface area contributed by atoms with Gasteiger partial charge in [-0.05, 0) is 43.5 Å². The van der Waals surface area contributed by atoms with Crippen LogP contribution in [0.3, 0.4) is 0 Å². The molecule has 0 radical (unpaired) electrons. The highest BCUT2D eigenvalue weighted by atomic mass is 79.9. The summed E-state index contributed by atoms with van der Waals surface area (Å²) in [4.78, 5) is 4.53. The maximum atomic E-state index is 13.8. The van der Waals surface area contributed by atoms with Crippen LogP contribution in [0.2, 0.25) is 0 Å². The molecule has 5 nitrogen and oxygen atoms in total. The fourth-order valence-corrected chi connectivity index (χ4v) is 2.58. The van der Waals surface area contributed by atoms with Crippen LogP contribution in [0, 0.1) is 5.82 Å². The van der Waals surface area contributed by atoms with Crippen LogP contribution in [-0.4, -0.2) is 35.4 Å². The quantitative estimate of drug-likeness (QED) is 0.410. The van der Waals surface area contributed by atoms with Crippen LogP contribution in [-0.2, 0) is 13.0 Å². The Balaban J connectivity index is 1.75. The molecule has 1 aromatic carbocycles. The molecule has 0 atom stereocenters. The Bertz CT molecular complexity index is 642. The van der Waals surface area contributed by atoms with E-state index in [0.29, 0.717) is 13.0 Å². The SMILES string of the molecule is CCNC(=NCCCc1ccc(Br)cc1F)NCCn1cccn1. The Morgan fingerprint density at radius 1 is 1.38 bits per heavy atom. The van der Waals surface area contributed by atoms with Gasteiger partial charge in [0.2, 0.25) is 0 Å². The molecule has 1 aromatic heterocycles. The lowest BCUT2D eigenvalue weighted by atomic mass is 10.1. The number of rotatable bonds is 8. The number of benzene rings is 1. The molecule has 0 amide bonds. The fourth-order valence-electron chi connectivity index (χ4n) is 2.25. The topological polar surface area (TPSA) is 54.2 Å².